The van der Waals surface area contributed by atoms with E-state index >= 15 is 0 Å². The lowest BCUT2D eigenvalue weighted by molar-refractivity contribution is 0.101. The van der Waals surface area contributed by atoms with Crippen molar-refractivity contribution in [3.05, 3.63) is 47.8 Å². The Morgan fingerprint density at radius 1 is 1.14 bits per heavy atom. The Bertz CT molecular complexity index is 616. The van der Waals surface area contributed by atoms with Crippen LogP contribution < -0.4 is 9.47 Å². The van der Waals surface area contributed by atoms with Crippen LogP contribution in [0.15, 0.2) is 36.5 Å². The van der Waals surface area contributed by atoms with Gasteiger partial charge in [-0.2, -0.15) is 0 Å². The third kappa shape index (κ3) is 3.66. The van der Waals surface area contributed by atoms with Crippen LogP contribution in [0.5, 0.6) is 11.5 Å². The van der Waals surface area contributed by atoms with E-state index in [2.05, 4.69) is 0 Å². The monoisotopic (exact) mass is 287 g/mol. The molecule has 0 unspecified atom stereocenters. The fourth-order valence-corrected chi connectivity index (χ4v) is 2.26. The van der Waals surface area contributed by atoms with E-state index in [-0.39, 0.29) is 5.78 Å². The highest BCUT2D eigenvalue weighted by atomic mass is 16.5. The number of para-hydroxylation sites is 2. The van der Waals surface area contributed by atoms with Crippen molar-refractivity contribution in [2.75, 3.05) is 13.2 Å². The first kappa shape index (κ1) is 15.2. The summed E-state index contributed by atoms with van der Waals surface area (Å²) in [6, 6.07) is 9.49. The van der Waals surface area contributed by atoms with Crippen LogP contribution in [0.1, 0.15) is 29.9 Å². The molecular formula is C17H21NO3. The molecule has 2 rings (SSSR count). The molecule has 1 aromatic heterocycles. The van der Waals surface area contributed by atoms with Gasteiger partial charge < -0.3 is 14.0 Å². The number of hydrogen-bond acceptors (Lipinski definition) is 3. The van der Waals surface area contributed by atoms with Crippen LogP contribution in [0.3, 0.4) is 0 Å². The van der Waals surface area contributed by atoms with Crippen LogP contribution in [-0.4, -0.2) is 23.6 Å². The summed E-state index contributed by atoms with van der Waals surface area (Å²) >= 11 is 0. The number of ketones is 1. The van der Waals surface area contributed by atoms with Gasteiger partial charge in [-0.05, 0) is 39.0 Å². The highest BCUT2D eigenvalue weighted by Gasteiger charge is 2.09. The number of rotatable bonds is 7. The third-order valence-electron chi connectivity index (χ3n) is 3.36. The SMILES string of the molecule is CCOc1ccccc1OCCn1ccc(C(C)=O)c1C. The van der Waals surface area contributed by atoms with Crippen LogP contribution in [0, 0.1) is 6.92 Å². The fraction of sp³-hybridized carbons (Fsp3) is 0.353. The Kier molecular flexibility index (Phi) is 5.04. The van der Waals surface area contributed by atoms with Crippen molar-refractivity contribution in [3.63, 3.8) is 0 Å². The smallest absolute Gasteiger partial charge is 0.161 e. The second-order valence-corrected chi connectivity index (χ2v) is 4.79. The van der Waals surface area contributed by atoms with E-state index in [1.54, 1.807) is 6.92 Å². The Balaban J connectivity index is 1.97. The molecule has 0 saturated carbocycles. The second-order valence-electron chi connectivity index (χ2n) is 4.79. The van der Waals surface area contributed by atoms with E-state index in [1.807, 2.05) is 54.9 Å². The Morgan fingerprint density at radius 2 is 1.81 bits per heavy atom. The quantitative estimate of drug-likeness (QED) is 0.732. The molecule has 0 N–H and O–H groups in total. The third-order valence-corrected chi connectivity index (χ3v) is 3.36. The van der Waals surface area contributed by atoms with Crippen molar-refractivity contribution >= 4 is 5.78 Å². The summed E-state index contributed by atoms with van der Waals surface area (Å²) < 4.78 is 13.3. The van der Waals surface area contributed by atoms with Gasteiger partial charge in [0.1, 0.15) is 6.61 Å². The minimum Gasteiger partial charge on any atom is -0.490 e. The zero-order valence-electron chi connectivity index (χ0n) is 12.8. The first-order valence-electron chi connectivity index (χ1n) is 7.14. The molecule has 21 heavy (non-hydrogen) atoms. The Hall–Kier alpha value is -2.23. The van der Waals surface area contributed by atoms with Gasteiger partial charge in [0.2, 0.25) is 0 Å². The normalized spacial score (nSPS) is 10.4. The fourth-order valence-electron chi connectivity index (χ4n) is 2.26. The molecule has 0 atom stereocenters. The van der Waals surface area contributed by atoms with Crippen molar-refractivity contribution in [1.29, 1.82) is 0 Å². The van der Waals surface area contributed by atoms with Gasteiger partial charge in [0, 0.05) is 17.5 Å². The number of Topliss-reactive ketones (excluding diaryl/α,β-unsaturated/α-hetero) is 1. The van der Waals surface area contributed by atoms with Gasteiger partial charge >= 0.3 is 0 Å². The number of hydrogen-bond donors (Lipinski definition) is 0. The van der Waals surface area contributed by atoms with Gasteiger partial charge in [0.15, 0.2) is 17.3 Å². The largest absolute Gasteiger partial charge is 0.490 e. The first-order valence-corrected chi connectivity index (χ1v) is 7.14. The van der Waals surface area contributed by atoms with Crippen LogP contribution in [0.4, 0.5) is 0 Å². The summed E-state index contributed by atoms with van der Waals surface area (Å²) in [5.41, 5.74) is 1.74. The molecule has 4 heteroatoms. The number of carbonyl (C=O) groups is 1. The minimum absolute atomic E-state index is 0.0915. The highest BCUT2D eigenvalue weighted by molar-refractivity contribution is 5.95. The maximum atomic E-state index is 11.4. The molecule has 0 bridgehead atoms. The van der Waals surface area contributed by atoms with E-state index in [4.69, 9.17) is 9.47 Å². The topological polar surface area (TPSA) is 40.5 Å². The number of nitrogens with zero attached hydrogens (tertiary/aromatic N) is 1. The maximum absolute atomic E-state index is 11.4. The van der Waals surface area contributed by atoms with Crippen molar-refractivity contribution in [3.8, 4) is 11.5 Å². The average molecular weight is 287 g/mol. The number of ether oxygens (including phenoxy) is 2. The highest BCUT2D eigenvalue weighted by Crippen LogP contribution is 2.26. The molecule has 0 aliphatic carbocycles. The van der Waals surface area contributed by atoms with Crippen molar-refractivity contribution in [1.82, 2.24) is 4.57 Å². The zero-order valence-corrected chi connectivity index (χ0v) is 12.8. The summed E-state index contributed by atoms with van der Waals surface area (Å²) in [5, 5.41) is 0. The van der Waals surface area contributed by atoms with Gasteiger partial charge in [0.05, 0.1) is 13.2 Å². The van der Waals surface area contributed by atoms with Crippen LogP contribution in [0.25, 0.3) is 0 Å². The molecule has 2 aromatic rings. The van der Waals surface area contributed by atoms with Crippen LogP contribution in [-0.2, 0) is 6.54 Å². The van der Waals surface area contributed by atoms with Gasteiger partial charge in [-0.25, -0.2) is 0 Å². The standard InChI is InChI=1S/C17H21NO3/c1-4-20-16-7-5-6-8-17(16)21-12-11-18-10-9-15(13(18)2)14(3)19/h5-10H,4,11-12H2,1-3H3. The van der Waals surface area contributed by atoms with E-state index in [0.717, 1.165) is 22.8 Å². The number of aromatic nitrogens is 1. The Labute approximate surface area is 125 Å². The second kappa shape index (κ2) is 6.97. The minimum atomic E-state index is 0.0915. The molecular weight excluding hydrogens is 266 g/mol. The maximum Gasteiger partial charge on any atom is 0.161 e. The van der Waals surface area contributed by atoms with Gasteiger partial charge in [-0.1, -0.05) is 12.1 Å². The first-order chi connectivity index (χ1) is 10.1. The van der Waals surface area contributed by atoms with Crippen molar-refractivity contribution in [2.24, 2.45) is 0 Å². The zero-order chi connectivity index (χ0) is 15.2. The molecule has 0 amide bonds. The summed E-state index contributed by atoms with van der Waals surface area (Å²) in [6.45, 7) is 7.31. The van der Waals surface area contributed by atoms with E-state index in [9.17, 15) is 4.79 Å². The lowest BCUT2D eigenvalue weighted by Crippen LogP contribution is -2.10. The average Bonchev–Trinajstić information content (AvgIpc) is 2.83. The van der Waals surface area contributed by atoms with E-state index < -0.39 is 0 Å². The van der Waals surface area contributed by atoms with Gasteiger partial charge in [0.25, 0.3) is 0 Å². The molecule has 0 spiro atoms. The number of carbonyl (C=O) groups excluding carboxylic acids is 1. The molecule has 1 aromatic carbocycles. The molecule has 0 saturated heterocycles. The molecule has 112 valence electrons. The van der Waals surface area contributed by atoms with Gasteiger partial charge in [-0.3, -0.25) is 4.79 Å². The van der Waals surface area contributed by atoms with E-state index in [0.29, 0.717) is 19.8 Å². The summed E-state index contributed by atoms with van der Waals surface area (Å²) in [4.78, 5) is 11.4. The van der Waals surface area contributed by atoms with Crippen LogP contribution in [0.2, 0.25) is 0 Å². The molecule has 0 fully saturated rings. The molecule has 0 aliphatic rings. The van der Waals surface area contributed by atoms with Crippen molar-refractivity contribution < 1.29 is 14.3 Å². The predicted octanol–water partition coefficient (Wildman–Crippen LogP) is 3.48. The summed E-state index contributed by atoms with van der Waals surface area (Å²) in [7, 11) is 0. The van der Waals surface area contributed by atoms with Crippen molar-refractivity contribution in [2.45, 2.75) is 27.3 Å². The van der Waals surface area contributed by atoms with Gasteiger partial charge in [-0.15, -0.1) is 0 Å². The molecule has 4 nitrogen and oxygen atoms in total. The summed E-state index contributed by atoms with van der Waals surface area (Å²) in [6.07, 6.45) is 1.92. The summed E-state index contributed by atoms with van der Waals surface area (Å²) in [5.74, 6) is 1.60. The predicted molar refractivity (Wildman–Crippen MR) is 82.3 cm³/mol. The molecule has 0 radical (unpaired) electrons. The Morgan fingerprint density at radius 3 is 2.38 bits per heavy atom. The lowest BCUT2D eigenvalue weighted by atomic mass is 10.2. The lowest BCUT2D eigenvalue weighted by Gasteiger charge is -2.12. The molecule has 1 heterocycles. The molecule has 0 aliphatic heterocycles. The number of benzene rings is 1. The van der Waals surface area contributed by atoms with E-state index in [1.165, 1.54) is 0 Å². The van der Waals surface area contributed by atoms with Crippen LogP contribution >= 0.6 is 0 Å².